The highest BCUT2D eigenvalue weighted by molar-refractivity contribution is 6.04. The highest BCUT2D eigenvalue weighted by Gasteiger charge is 2.58. The number of hydrogen-bond donors (Lipinski definition) is 3. The number of alkyl carbamates (subject to hydrolysis) is 1. The molecule has 0 aromatic carbocycles. The summed E-state index contributed by atoms with van der Waals surface area (Å²) >= 11 is 0. The highest BCUT2D eigenvalue weighted by Crippen LogP contribution is 2.44. The smallest absolute Gasteiger partial charge is 0.408 e. The third-order valence-corrected chi connectivity index (χ3v) is 11.0. The van der Waals surface area contributed by atoms with Gasteiger partial charge in [0.15, 0.2) is 17.7 Å². The van der Waals surface area contributed by atoms with Gasteiger partial charge in [0.25, 0.3) is 0 Å². The predicted octanol–water partition coefficient (Wildman–Crippen LogP) is 2.81. The summed E-state index contributed by atoms with van der Waals surface area (Å²) in [5.41, 5.74) is -3.66. The average Bonchev–Trinajstić information content (AvgIpc) is 3.30. The Balaban J connectivity index is 1.76. The zero-order chi connectivity index (χ0) is 33.5. The molecule has 0 aromatic heterocycles. The Hall–Kier alpha value is -1.83. The van der Waals surface area contributed by atoms with Crippen LogP contribution in [0.15, 0.2) is 0 Å². The quantitative estimate of drug-likeness (QED) is 0.300. The van der Waals surface area contributed by atoms with Crippen molar-refractivity contribution in [1.29, 1.82) is 0 Å². The van der Waals surface area contributed by atoms with E-state index >= 15 is 0 Å². The number of carbonyl (C=O) groups is 3. The van der Waals surface area contributed by atoms with Crippen LogP contribution in [0.5, 0.6) is 0 Å². The molecular weight excluding hydrogens is 584 g/mol. The van der Waals surface area contributed by atoms with Crippen molar-refractivity contribution < 1.29 is 48.3 Å². The molecule has 5 aliphatic heterocycles. The minimum absolute atomic E-state index is 0.00207. The monoisotopic (exact) mass is 640 g/mol. The molecule has 5 aliphatic rings. The van der Waals surface area contributed by atoms with Gasteiger partial charge in [0, 0.05) is 18.6 Å². The van der Waals surface area contributed by atoms with E-state index in [4.69, 9.17) is 23.7 Å². The third kappa shape index (κ3) is 6.92. The van der Waals surface area contributed by atoms with Crippen LogP contribution < -0.4 is 5.32 Å². The van der Waals surface area contributed by atoms with Crippen LogP contribution in [0.1, 0.15) is 87.0 Å². The van der Waals surface area contributed by atoms with Gasteiger partial charge in [0.1, 0.15) is 17.6 Å². The van der Waals surface area contributed by atoms with Crippen LogP contribution in [-0.4, -0.2) is 114 Å². The molecule has 0 unspecified atom stereocenters. The Morgan fingerprint density at radius 2 is 1.78 bits per heavy atom. The molecule has 5 rings (SSSR count). The minimum atomic E-state index is -1.57. The van der Waals surface area contributed by atoms with E-state index < -0.39 is 65.3 Å². The number of nitrogens with one attached hydrogen (secondary N) is 1. The zero-order valence-electron chi connectivity index (χ0n) is 28.5. The number of amides is 1. The van der Waals surface area contributed by atoms with E-state index in [1.807, 2.05) is 32.8 Å². The number of Topliss-reactive ketones (excluding diaryl/α,β-unsaturated/α-hetero) is 1. The molecule has 2 bridgehead atoms. The van der Waals surface area contributed by atoms with Crippen LogP contribution in [0, 0.1) is 23.2 Å². The Bertz CT molecular complexity index is 1090. The molecule has 5 heterocycles. The van der Waals surface area contributed by atoms with E-state index in [-0.39, 0.29) is 49.3 Å². The lowest BCUT2D eigenvalue weighted by Crippen LogP contribution is -2.61. The van der Waals surface area contributed by atoms with Crippen molar-refractivity contribution in [2.75, 3.05) is 27.3 Å². The largest absolute Gasteiger partial charge is 0.457 e. The summed E-state index contributed by atoms with van der Waals surface area (Å²) in [5.74, 6) is -1.77. The number of ether oxygens (including phenoxy) is 5. The van der Waals surface area contributed by atoms with Gasteiger partial charge >= 0.3 is 12.1 Å². The lowest BCUT2D eigenvalue weighted by atomic mass is 9.70. The van der Waals surface area contributed by atoms with E-state index in [0.29, 0.717) is 19.3 Å². The number of nitrogens with zero attached hydrogens (tertiary/aromatic N) is 1. The van der Waals surface area contributed by atoms with Crippen molar-refractivity contribution in [3.8, 4) is 0 Å². The van der Waals surface area contributed by atoms with E-state index in [2.05, 4.69) is 19.2 Å². The molecule has 258 valence electrons. The molecular formula is C33H56N2O10. The zero-order valence-corrected chi connectivity index (χ0v) is 28.5. The standard InChI is InChI=1S/C33H56N2O10/c1-10-23-33(7)25(34-30(40)45-33)19(3)12-11-18(2)16-32(6)27(20(4)26(38)31(5,13-14-41-32)29(39)43-23)44-28-24(37)22(35(8)9)15-21(17-36)42-28/h18-25,27-28,36-37H,10-17H2,1-9H3,(H,34,40)/t18-,19-,20-,21-,22-,23+,24+,25+,27+,28-,31-,32-,33+/m0/s1. The summed E-state index contributed by atoms with van der Waals surface area (Å²) < 4.78 is 31.3. The van der Waals surface area contributed by atoms with Crippen molar-refractivity contribution >= 4 is 17.8 Å². The van der Waals surface area contributed by atoms with Crippen molar-refractivity contribution in [1.82, 2.24) is 10.2 Å². The summed E-state index contributed by atoms with van der Waals surface area (Å²) in [4.78, 5) is 43.0. The fourth-order valence-corrected chi connectivity index (χ4v) is 8.22. The first-order valence-corrected chi connectivity index (χ1v) is 16.7. The van der Waals surface area contributed by atoms with Gasteiger partial charge in [-0.3, -0.25) is 9.59 Å². The van der Waals surface area contributed by atoms with Crippen molar-refractivity contribution in [2.24, 2.45) is 23.2 Å². The highest BCUT2D eigenvalue weighted by atomic mass is 16.7. The molecule has 0 radical (unpaired) electrons. The van der Waals surface area contributed by atoms with Crippen LogP contribution in [0.2, 0.25) is 0 Å². The maximum Gasteiger partial charge on any atom is 0.408 e. The number of esters is 1. The maximum absolute atomic E-state index is 14.5. The number of ketones is 1. The molecule has 0 saturated carbocycles. The summed E-state index contributed by atoms with van der Waals surface area (Å²) in [6, 6.07) is -0.733. The fourth-order valence-electron chi connectivity index (χ4n) is 8.22. The Labute approximate surface area is 267 Å². The molecule has 0 spiro atoms. The van der Waals surface area contributed by atoms with Crippen LogP contribution in [0.3, 0.4) is 0 Å². The summed E-state index contributed by atoms with van der Waals surface area (Å²) in [7, 11) is 3.70. The molecule has 12 nitrogen and oxygen atoms in total. The molecule has 1 amide bonds. The first-order valence-electron chi connectivity index (χ1n) is 16.7. The van der Waals surface area contributed by atoms with Gasteiger partial charge in [-0.15, -0.1) is 0 Å². The van der Waals surface area contributed by atoms with Crippen molar-refractivity contribution in [3.05, 3.63) is 0 Å². The van der Waals surface area contributed by atoms with Crippen LogP contribution in [0.25, 0.3) is 0 Å². The van der Waals surface area contributed by atoms with Gasteiger partial charge in [-0.2, -0.15) is 0 Å². The predicted molar refractivity (Wildman–Crippen MR) is 164 cm³/mol. The van der Waals surface area contributed by atoms with Crippen LogP contribution in [-0.2, 0) is 33.3 Å². The van der Waals surface area contributed by atoms with E-state index in [1.54, 1.807) is 20.8 Å². The Kier molecular flexibility index (Phi) is 11.0. The number of aliphatic hydroxyl groups is 2. The second-order valence-electron chi connectivity index (χ2n) is 14.9. The van der Waals surface area contributed by atoms with Gasteiger partial charge in [0.2, 0.25) is 0 Å². The van der Waals surface area contributed by atoms with Gasteiger partial charge < -0.3 is 44.1 Å². The van der Waals surface area contributed by atoms with Gasteiger partial charge in [-0.1, -0.05) is 34.1 Å². The normalized spacial score (nSPS) is 46.8. The number of carbonyl (C=O) groups excluding carboxylic acids is 3. The van der Waals surface area contributed by atoms with Crippen molar-refractivity contribution in [2.45, 2.75) is 141 Å². The summed E-state index contributed by atoms with van der Waals surface area (Å²) in [6.45, 7) is 13.0. The lowest BCUT2D eigenvalue weighted by Gasteiger charge is -2.49. The number of aliphatic hydroxyl groups excluding tert-OH is 2. The Morgan fingerprint density at radius 3 is 2.40 bits per heavy atom. The van der Waals surface area contributed by atoms with Crippen molar-refractivity contribution in [3.63, 3.8) is 0 Å². The van der Waals surface area contributed by atoms with E-state index in [1.165, 1.54) is 0 Å². The molecule has 0 aliphatic carbocycles. The number of likely N-dealkylation sites (N-methyl/N-ethyl adjacent to an activating group) is 1. The average molecular weight is 641 g/mol. The second-order valence-corrected chi connectivity index (χ2v) is 14.9. The van der Waals surface area contributed by atoms with Gasteiger partial charge in [0.05, 0.1) is 30.5 Å². The van der Waals surface area contributed by atoms with Gasteiger partial charge in [-0.25, -0.2) is 4.79 Å². The van der Waals surface area contributed by atoms with Crippen LogP contribution >= 0.6 is 0 Å². The molecule has 0 aromatic rings. The molecule has 12 heteroatoms. The first kappa shape index (κ1) is 36.0. The fraction of sp³-hybridized carbons (Fsp3) is 0.909. The Morgan fingerprint density at radius 1 is 1.09 bits per heavy atom. The summed E-state index contributed by atoms with van der Waals surface area (Å²) in [6.07, 6.45) is -1.96. The topological polar surface area (TPSA) is 153 Å². The summed E-state index contributed by atoms with van der Waals surface area (Å²) in [5, 5.41) is 24.3. The second kappa shape index (κ2) is 13.7. The molecule has 13 atom stereocenters. The number of rotatable bonds is 5. The first-order chi connectivity index (χ1) is 21.0. The maximum atomic E-state index is 14.5. The lowest BCUT2D eigenvalue weighted by molar-refractivity contribution is -0.304. The van der Waals surface area contributed by atoms with Gasteiger partial charge in [-0.05, 0) is 78.8 Å². The SMILES string of the molecule is CC[C@H]1OC(=O)[C@@]2(C)CCO[C@@](C)(C[C@@H](C)CC[C@H](C)[C@H]3NC(=O)O[C@@]31C)[C@H](O[C@@H]1O[C@H](CO)C[C@H](N(C)C)[C@H]1O)[C@@H](C)C2=O. The number of hydrogen-bond acceptors (Lipinski definition) is 11. The van der Waals surface area contributed by atoms with E-state index in [9.17, 15) is 24.6 Å². The third-order valence-electron chi connectivity index (χ3n) is 11.0. The minimum Gasteiger partial charge on any atom is -0.457 e. The molecule has 45 heavy (non-hydrogen) atoms. The van der Waals surface area contributed by atoms with Crippen LogP contribution in [0.4, 0.5) is 4.79 Å². The van der Waals surface area contributed by atoms with E-state index in [0.717, 1.165) is 12.8 Å². The number of fused-ring (bicyclic) bond motifs is 10. The molecule has 5 saturated heterocycles. The molecule has 3 N–H and O–H groups in total. The molecule has 5 fully saturated rings.